The van der Waals surface area contributed by atoms with E-state index in [2.05, 4.69) is 10.3 Å². The van der Waals surface area contributed by atoms with Gasteiger partial charge in [0.2, 0.25) is 0 Å². The summed E-state index contributed by atoms with van der Waals surface area (Å²) in [6.45, 7) is 4.00. The molecule has 4 nitrogen and oxygen atoms in total. The Morgan fingerprint density at radius 3 is 3.19 bits per heavy atom. The lowest BCUT2D eigenvalue weighted by atomic mass is 10.4. The van der Waals surface area contributed by atoms with Gasteiger partial charge in [0.1, 0.15) is 5.01 Å². The second kappa shape index (κ2) is 5.41. The Balaban J connectivity index is 1.78. The first-order chi connectivity index (χ1) is 7.79. The van der Waals surface area contributed by atoms with Crippen LogP contribution in [0.2, 0.25) is 0 Å². The molecule has 0 aromatic carbocycles. The smallest absolute Gasteiger partial charge is 0.357 e. The molecule has 1 aliphatic carbocycles. The number of nitrogens with one attached hydrogen (secondary N) is 1. The maximum atomic E-state index is 11.4. The zero-order valence-electron chi connectivity index (χ0n) is 9.36. The van der Waals surface area contributed by atoms with Crippen LogP contribution in [0.3, 0.4) is 0 Å². The molecule has 0 amide bonds. The molecule has 0 spiro atoms. The Morgan fingerprint density at radius 2 is 2.50 bits per heavy atom. The highest BCUT2D eigenvalue weighted by atomic mass is 32.1. The molecular weight excluding hydrogens is 224 g/mol. The van der Waals surface area contributed by atoms with Gasteiger partial charge < -0.3 is 10.1 Å². The third kappa shape index (κ3) is 3.28. The first-order valence-corrected chi connectivity index (χ1v) is 6.49. The number of rotatable bonds is 6. The van der Waals surface area contributed by atoms with Crippen LogP contribution in [0.5, 0.6) is 0 Å². The highest BCUT2D eigenvalue weighted by molar-refractivity contribution is 7.09. The van der Waals surface area contributed by atoms with Gasteiger partial charge >= 0.3 is 5.97 Å². The fourth-order valence-corrected chi connectivity index (χ4v) is 2.13. The van der Waals surface area contributed by atoms with Gasteiger partial charge in [-0.3, -0.25) is 0 Å². The van der Waals surface area contributed by atoms with Crippen molar-refractivity contribution >= 4 is 17.3 Å². The molecular formula is C11H16N2O2S. The zero-order valence-corrected chi connectivity index (χ0v) is 10.2. The summed E-state index contributed by atoms with van der Waals surface area (Å²) < 4.78 is 4.88. The Hall–Kier alpha value is -0.940. The van der Waals surface area contributed by atoms with Crippen molar-refractivity contribution in [2.45, 2.75) is 26.3 Å². The molecule has 0 unspecified atom stereocenters. The van der Waals surface area contributed by atoms with Gasteiger partial charge in [0.25, 0.3) is 0 Å². The monoisotopic (exact) mass is 240 g/mol. The predicted octanol–water partition coefficient (Wildman–Crippen LogP) is 1.82. The number of nitrogens with zero attached hydrogens (tertiary/aromatic N) is 1. The minimum absolute atomic E-state index is 0.327. The Kier molecular flexibility index (Phi) is 3.90. The third-order valence-corrected chi connectivity index (χ3v) is 3.29. The van der Waals surface area contributed by atoms with E-state index in [0.29, 0.717) is 12.3 Å². The van der Waals surface area contributed by atoms with Gasteiger partial charge in [0.05, 0.1) is 6.61 Å². The molecule has 1 fully saturated rings. The Bertz CT molecular complexity index is 361. The van der Waals surface area contributed by atoms with E-state index in [4.69, 9.17) is 4.74 Å². The lowest BCUT2D eigenvalue weighted by Gasteiger charge is -1.99. The molecule has 2 rings (SSSR count). The van der Waals surface area contributed by atoms with Crippen LogP contribution in [-0.2, 0) is 11.3 Å². The second-order valence-corrected chi connectivity index (χ2v) is 4.86. The average molecular weight is 240 g/mol. The number of aromatic nitrogens is 1. The van der Waals surface area contributed by atoms with Crippen LogP contribution in [0.15, 0.2) is 5.38 Å². The lowest BCUT2D eigenvalue weighted by molar-refractivity contribution is 0.0520. The van der Waals surface area contributed by atoms with Gasteiger partial charge in [-0.1, -0.05) is 0 Å². The molecule has 1 aromatic heterocycles. The first kappa shape index (κ1) is 11.5. The van der Waals surface area contributed by atoms with Crippen molar-refractivity contribution in [1.29, 1.82) is 0 Å². The number of carbonyl (C=O) groups is 1. The molecule has 0 saturated heterocycles. The molecule has 1 heterocycles. The lowest BCUT2D eigenvalue weighted by Crippen LogP contribution is -2.16. The summed E-state index contributed by atoms with van der Waals surface area (Å²) in [6.07, 6.45) is 2.69. The molecule has 0 radical (unpaired) electrons. The van der Waals surface area contributed by atoms with Gasteiger partial charge in [-0.25, -0.2) is 9.78 Å². The van der Waals surface area contributed by atoms with E-state index >= 15 is 0 Å². The molecule has 0 aliphatic heterocycles. The van der Waals surface area contributed by atoms with Gasteiger partial charge in [-0.2, -0.15) is 0 Å². The van der Waals surface area contributed by atoms with Crippen LogP contribution in [-0.4, -0.2) is 24.1 Å². The number of hydrogen-bond donors (Lipinski definition) is 1. The van der Waals surface area contributed by atoms with Crippen molar-refractivity contribution in [2.75, 3.05) is 13.2 Å². The van der Waals surface area contributed by atoms with E-state index in [1.807, 2.05) is 0 Å². The minimum atomic E-state index is -0.327. The van der Waals surface area contributed by atoms with E-state index in [1.54, 1.807) is 12.3 Å². The molecule has 1 N–H and O–H groups in total. The highest BCUT2D eigenvalue weighted by Gasteiger charge is 2.20. The standard InChI is InChI=1S/C11H16N2O2S/c1-2-15-11(14)9-7-16-10(13-9)6-12-5-8-3-4-8/h7-8,12H,2-6H2,1H3. The topological polar surface area (TPSA) is 51.2 Å². The van der Waals surface area contributed by atoms with Crippen molar-refractivity contribution in [2.24, 2.45) is 5.92 Å². The fraction of sp³-hybridized carbons (Fsp3) is 0.636. The quantitative estimate of drug-likeness (QED) is 0.771. The molecule has 1 aromatic rings. The maximum Gasteiger partial charge on any atom is 0.357 e. The van der Waals surface area contributed by atoms with Gasteiger partial charge in [-0.15, -0.1) is 11.3 Å². The SMILES string of the molecule is CCOC(=O)c1csc(CNCC2CC2)n1. The third-order valence-electron chi connectivity index (χ3n) is 2.44. The summed E-state index contributed by atoms with van der Waals surface area (Å²) in [4.78, 5) is 15.6. The number of ether oxygens (including phenoxy) is 1. The molecule has 88 valence electrons. The fourth-order valence-electron chi connectivity index (χ4n) is 1.40. The summed E-state index contributed by atoms with van der Waals surface area (Å²) >= 11 is 1.50. The molecule has 0 atom stereocenters. The molecule has 1 saturated carbocycles. The average Bonchev–Trinajstić information content (AvgIpc) is 2.95. The van der Waals surface area contributed by atoms with Crippen molar-refractivity contribution in [1.82, 2.24) is 10.3 Å². The number of thiazole rings is 1. The minimum Gasteiger partial charge on any atom is -0.461 e. The Morgan fingerprint density at radius 1 is 1.69 bits per heavy atom. The maximum absolute atomic E-state index is 11.4. The van der Waals surface area contributed by atoms with Gasteiger partial charge in [0.15, 0.2) is 5.69 Å². The van der Waals surface area contributed by atoms with E-state index in [1.165, 1.54) is 24.2 Å². The van der Waals surface area contributed by atoms with Gasteiger partial charge in [-0.05, 0) is 32.2 Å². The van der Waals surface area contributed by atoms with E-state index in [0.717, 1.165) is 24.0 Å². The first-order valence-electron chi connectivity index (χ1n) is 5.62. The van der Waals surface area contributed by atoms with Crippen LogP contribution < -0.4 is 5.32 Å². The van der Waals surface area contributed by atoms with Crippen molar-refractivity contribution in [3.05, 3.63) is 16.1 Å². The van der Waals surface area contributed by atoms with Crippen LogP contribution >= 0.6 is 11.3 Å². The van der Waals surface area contributed by atoms with E-state index in [-0.39, 0.29) is 5.97 Å². The largest absolute Gasteiger partial charge is 0.461 e. The summed E-state index contributed by atoms with van der Waals surface area (Å²) in [5.41, 5.74) is 0.426. The van der Waals surface area contributed by atoms with Crippen molar-refractivity contribution in [3.8, 4) is 0 Å². The molecule has 1 aliphatic rings. The zero-order chi connectivity index (χ0) is 11.4. The highest BCUT2D eigenvalue weighted by Crippen LogP contribution is 2.27. The predicted molar refractivity (Wildman–Crippen MR) is 62.5 cm³/mol. The Labute approximate surface area is 99.0 Å². The van der Waals surface area contributed by atoms with Crippen LogP contribution in [0.25, 0.3) is 0 Å². The number of hydrogen-bond acceptors (Lipinski definition) is 5. The molecule has 0 bridgehead atoms. The molecule has 16 heavy (non-hydrogen) atoms. The van der Waals surface area contributed by atoms with Crippen molar-refractivity contribution in [3.63, 3.8) is 0 Å². The van der Waals surface area contributed by atoms with Crippen molar-refractivity contribution < 1.29 is 9.53 Å². The summed E-state index contributed by atoms with van der Waals surface area (Å²) in [7, 11) is 0. The van der Waals surface area contributed by atoms with Crippen LogP contribution in [0, 0.1) is 5.92 Å². The summed E-state index contributed by atoms with van der Waals surface area (Å²) in [6, 6.07) is 0. The normalized spacial score (nSPS) is 15.1. The van der Waals surface area contributed by atoms with E-state index in [9.17, 15) is 4.79 Å². The van der Waals surface area contributed by atoms with Crippen LogP contribution in [0.1, 0.15) is 35.3 Å². The summed E-state index contributed by atoms with van der Waals surface area (Å²) in [5, 5.41) is 6.05. The number of esters is 1. The summed E-state index contributed by atoms with van der Waals surface area (Å²) in [5.74, 6) is 0.539. The number of carbonyl (C=O) groups excluding carboxylic acids is 1. The van der Waals surface area contributed by atoms with Gasteiger partial charge in [0, 0.05) is 11.9 Å². The van der Waals surface area contributed by atoms with E-state index < -0.39 is 0 Å². The molecule has 5 heteroatoms. The van der Waals surface area contributed by atoms with Crippen LogP contribution in [0.4, 0.5) is 0 Å². The second-order valence-electron chi connectivity index (χ2n) is 3.92.